The number of rotatable bonds is 1. The average Bonchev–Trinajstić information content (AvgIpc) is 2.57. The van der Waals surface area contributed by atoms with Crippen LogP contribution in [0.1, 0.15) is 37.7 Å². The van der Waals surface area contributed by atoms with E-state index in [1.54, 1.807) is 11.1 Å². The Hall–Kier alpha value is -1.04. The monoisotopic (exact) mass is 184 g/mol. The van der Waals surface area contributed by atoms with Crippen LogP contribution in [0.15, 0.2) is 42.0 Å². The van der Waals surface area contributed by atoms with Crippen molar-refractivity contribution in [1.29, 1.82) is 0 Å². The summed E-state index contributed by atoms with van der Waals surface area (Å²) in [6.45, 7) is 0. The lowest BCUT2D eigenvalue weighted by molar-refractivity contribution is 0.373. The van der Waals surface area contributed by atoms with E-state index in [-0.39, 0.29) is 0 Å². The van der Waals surface area contributed by atoms with Gasteiger partial charge in [0.25, 0.3) is 0 Å². The number of hydrogen-bond acceptors (Lipinski definition) is 0. The predicted octanol–water partition coefficient (Wildman–Crippen LogP) is 3.83. The number of benzene rings is 1. The van der Waals surface area contributed by atoms with Gasteiger partial charge in [0.15, 0.2) is 0 Å². The van der Waals surface area contributed by atoms with Crippen LogP contribution < -0.4 is 0 Å². The first-order valence-electron chi connectivity index (χ1n) is 5.63. The smallest absolute Gasteiger partial charge is 0.00247 e. The maximum Gasteiger partial charge on any atom is 0.00247 e. The number of allylic oxidation sites excluding steroid dienone is 2. The maximum atomic E-state index is 2.49. The molecule has 2 bridgehead atoms. The average molecular weight is 184 g/mol. The van der Waals surface area contributed by atoms with Crippen LogP contribution in [-0.4, -0.2) is 0 Å². The van der Waals surface area contributed by atoms with Crippen molar-refractivity contribution in [2.45, 2.75) is 37.5 Å². The summed E-state index contributed by atoms with van der Waals surface area (Å²) < 4.78 is 0. The normalized spacial score (nSPS) is 30.1. The molecule has 1 atom stereocenters. The van der Waals surface area contributed by atoms with Crippen LogP contribution >= 0.6 is 0 Å². The van der Waals surface area contributed by atoms with E-state index in [4.69, 9.17) is 0 Å². The number of hydrogen-bond donors (Lipinski definition) is 0. The van der Waals surface area contributed by atoms with Gasteiger partial charge in [0.2, 0.25) is 0 Å². The molecule has 0 spiro atoms. The maximum absolute atomic E-state index is 2.49. The zero-order chi connectivity index (χ0) is 9.43. The Morgan fingerprint density at radius 3 is 2.79 bits per heavy atom. The van der Waals surface area contributed by atoms with Crippen LogP contribution in [0, 0.1) is 0 Å². The lowest BCUT2D eigenvalue weighted by Crippen LogP contribution is -2.25. The van der Waals surface area contributed by atoms with Gasteiger partial charge in [-0.3, -0.25) is 0 Å². The van der Waals surface area contributed by atoms with Crippen molar-refractivity contribution < 1.29 is 0 Å². The molecule has 0 N–H and O–H groups in total. The van der Waals surface area contributed by atoms with E-state index < -0.39 is 0 Å². The molecular formula is C14H16. The molecule has 2 aliphatic carbocycles. The highest BCUT2D eigenvalue weighted by atomic mass is 14.4. The topological polar surface area (TPSA) is 0 Å². The molecule has 0 saturated heterocycles. The molecule has 0 aromatic heterocycles. The summed E-state index contributed by atoms with van der Waals surface area (Å²) in [5.74, 6) is 0. The van der Waals surface area contributed by atoms with Crippen LogP contribution in [0.25, 0.3) is 0 Å². The molecule has 0 radical (unpaired) electrons. The van der Waals surface area contributed by atoms with Gasteiger partial charge in [0, 0.05) is 5.41 Å². The zero-order valence-electron chi connectivity index (χ0n) is 8.50. The Kier molecular flexibility index (Phi) is 1.76. The number of fused-ring (bicyclic) bond motifs is 2. The van der Waals surface area contributed by atoms with Gasteiger partial charge in [-0.25, -0.2) is 0 Å². The largest absolute Gasteiger partial charge is 0.0844 e. The highest BCUT2D eigenvalue weighted by Gasteiger charge is 2.38. The molecule has 0 amide bonds. The fraction of sp³-hybridized carbons (Fsp3) is 0.429. The molecule has 0 heterocycles. The summed E-state index contributed by atoms with van der Waals surface area (Å²) >= 11 is 0. The third kappa shape index (κ3) is 1.13. The fourth-order valence-corrected chi connectivity index (χ4v) is 3.11. The third-order valence-electron chi connectivity index (χ3n) is 3.89. The molecule has 3 rings (SSSR count). The van der Waals surface area contributed by atoms with Crippen molar-refractivity contribution >= 4 is 0 Å². The zero-order valence-corrected chi connectivity index (χ0v) is 8.50. The van der Waals surface area contributed by atoms with Crippen LogP contribution in [0.3, 0.4) is 0 Å². The van der Waals surface area contributed by atoms with Crippen molar-refractivity contribution in [3.8, 4) is 0 Å². The minimum atomic E-state index is 0.495. The molecule has 1 aromatic rings. The molecular weight excluding hydrogens is 168 g/mol. The Balaban J connectivity index is 1.99. The quantitative estimate of drug-likeness (QED) is 0.582. The van der Waals surface area contributed by atoms with Crippen LogP contribution in [0.2, 0.25) is 0 Å². The molecule has 2 aliphatic rings. The Morgan fingerprint density at radius 2 is 1.93 bits per heavy atom. The van der Waals surface area contributed by atoms with Gasteiger partial charge in [-0.1, -0.05) is 42.0 Å². The van der Waals surface area contributed by atoms with E-state index in [2.05, 4.69) is 36.4 Å². The summed E-state index contributed by atoms with van der Waals surface area (Å²) in [6, 6.07) is 11.1. The fourth-order valence-electron chi connectivity index (χ4n) is 3.11. The van der Waals surface area contributed by atoms with Crippen LogP contribution in [-0.2, 0) is 5.41 Å². The summed E-state index contributed by atoms with van der Waals surface area (Å²) in [5, 5.41) is 0. The SMILES string of the molecule is C1=C2CCCC(c3ccccc3)(C1)C2. The van der Waals surface area contributed by atoms with E-state index in [0.29, 0.717) is 5.41 Å². The predicted molar refractivity (Wildman–Crippen MR) is 59.3 cm³/mol. The molecule has 1 aromatic carbocycles. The van der Waals surface area contributed by atoms with E-state index in [0.717, 1.165) is 0 Å². The van der Waals surface area contributed by atoms with Gasteiger partial charge in [-0.2, -0.15) is 0 Å². The first-order chi connectivity index (χ1) is 6.89. The van der Waals surface area contributed by atoms with Crippen molar-refractivity contribution in [1.82, 2.24) is 0 Å². The van der Waals surface area contributed by atoms with E-state index in [1.165, 1.54) is 32.1 Å². The van der Waals surface area contributed by atoms with Crippen molar-refractivity contribution in [3.05, 3.63) is 47.5 Å². The van der Waals surface area contributed by atoms with Gasteiger partial charge in [0.05, 0.1) is 0 Å². The summed E-state index contributed by atoms with van der Waals surface area (Å²) in [7, 11) is 0. The highest BCUT2D eigenvalue weighted by molar-refractivity contribution is 5.34. The minimum absolute atomic E-state index is 0.495. The Labute approximate surface area is 85.6 Å². The van der Waals surface area contributed by atoms with Crippen molar-refractivity contribution in [3.63, 3.8) is 0 Å². The second kappa shape index (κ2) is 2.98. The minimum Gasteiger partial charge on any atom is -0.0844 e. The van der Waals surface area contributed by atoms with Gasteiger partial charge in [-0.05, 0) is 37.7 Å². The highest BCUT2D eigenvalue weighted by Crippen LogP contribution is 2.49. The Bertz CT molecular complexity index is 361. The molecule has 1 saturated carbocycles. The summed E-state index contributed by atoms with van der Waals surface area (Å²) in [5.41, 5.74) is 3.76. The lowest BCUT2D eigenvalue weighted by atomic mass is 9.71. The summed E-state index contributed by atoms with van der Waals surface area (Å²) in [6.07, 6.45) is 9.23. The molecule has 0 nitrogen and oxygen atoms in total. The molecule has 72 valence electrons. The molecule has 1 unspecified atom stereocenters. The lowest BCUT2D eigenvalue weighted by Gasteiger charge is -2.33. The second-order valence-corrected chi connectivity index (χ2v) is 4.74. The van der Waals surface area contributed by atoms with Gasteiger partial charge in [0.1, 0.15) is 0 Å². The third-order valence-corrected chi connectivity index (χ3v) is 3.89. The Morgan fingerprint density at radius 1 is 1.07 bits per heavy atom. The van der Waals surface area contributed by atoms with E-state index >= 15 is 0 Å². The first kappa shape index (κ1) is 8.28. The van der Waals surface area contributed by atoms with Gasteiger partial charge < -0.3 is 0 Å². The van der Waals surface area contributed by atoms with Crippen molar-refractivity contribution in [2.75, 3.05) is 0 Å². The molecule has 0 aliphatic heterocycles. The standard InChI is InChI=1S/C14H16/c1-2-6-13(7-3-1)14-9-4-5-12(11-14)8-10-14/h1-3,6-8H,4-5,9-11H2. The van der Waals surface area contributed by atoms with Crippen molar-refractivity contribution in [2.24, 2.45) is 0 Å². The molecule has 0 heteroatoms. The van der Waals surface area contributed by atoms with Crippen LogP contribution in [0.5, 0.6) is 0 Å². The van der Waals surface area contributed by atoms with E-state index in [1.807, 2.05) is 0 Å². The second-order valence-electron chi connectivity index (χ2n) is 4.74. The van der Waals surface area contributed by atoms with Gasteiger partial charge in [-0.15, -0.1) is 0 Å². The first-order valence-corrected chi connectivity index (χ1v) is 5.63. The van der Waals surface area contributed by atoms with Gasteiger partial charge >= 0.3 is 0 Å². The van der Waals surface area contributed by atoms with E-state index in [9.17, 15) is 0 Å². The molecule has 14 heavy (non-hydrogen) atoms. The molecule has 1 fully saturated rings. The summed E-state index contributed by atoms with van der Waals surface area (Å²) in [4.78, 5) is 0. The van der Waals surface area contributed by atoms with Crippen LogP contribution in [0.4, 0.5) is 0 Å².